The molecule has 1 aliphatic rings. The molecule has 0 unspecified atom stereocenters. The van der Waals surface area contributed by atoms with Crippen LogP contribution in [-0.2, 0) is 0 Å². The van der Waals surface area contributed by atoms with Crippen molar-refractivity contribution in [1.82, 2.24) is 9.88 Å². The second-order valence-electron chi connectivity index (χ2n) is 5.51. The van der Waals surface area contributed by atoms with Crippen LogP contribution in [0.3, 0.4) is 0 Å². The van der Waals surface area contributed by atoms with Gasteiger partial charge in [-0.15, -0.1) is 0 Å². The summed E-state index contributed by atoms with van der Waals surface area (Å²) in [7, 11) is 0. The van der Waals surface area contributed by atoms with Crippen LogP contribution in [0.5, 0.6) is 5.75 Å². The SMILES string of the molecule is CCOc1ccc(Nc2ccc(C(=O)N3CCCC3)nc2)cc1. The molecular weight excluding hydrogens is 290 g/mol. The monoisotopic (exact) mass is 311 g/mol. The van der Waals surface area contributed by atoms with Gasteiger partial charge in [-0.2, -0.15) is 0 Å². The Labute approximate surface area is 136 Å². The van der Waals surface area contributed by atoms with E-state index in [1.807, 2.05) is 42.2 Å². The average molecular weight is 311 g/mol. The molecule has 1 aliphatic heterocycles. The first-order valence-corrected chi connectivity index (χ1v) is 8.01. The zero-order valence-electron chi connectivity index (χ0n) is 13.3. The Morgan fingerprint density at radius 1 is 1.13 bits per heavy atom. The number of rotatable bonds is 5. The molecule has 1 aromatic heterocycles. The zero-order chi connectivity index (χ0) is 16.1. The molecule has 1 N–H and O–H groups in total. The number of ether oxygens (including phenoxy) is 1. The fourth-order valence-corrected chi connectivity index (χ4v) is 2.64. The van der Waals surface area contributed by atoms with E-state index in [2.05, 4.69) is 10.3 Å². The van der Waals surface area contributed by atoms with E-state index in [4.69, 9.17) is 4.74 Å². The van der Waals surface area contributed by atoms with Gasteiger partial charge < -0.3 is 15.0 Å². The predicted molar refractivity (Wildman–Crippen MR) is 90.3 cm³/mol. The molecule has 0 aliphatic carbocycles. The molecule has 1 saturated heterocycles. The van der Waals surface area contributed by atoms with E-state index >= 15 is 0 Å². The van der Waals surface area contributed by atoms with Gasteiger partial charge >= 0.3 is 0 Å². The summed E-state index contributed by atoms with van der Waals surface area (Å²) >= 11 is 0. The van der Waals surface area contributed by atoms with Gasteiger partial charge in [0.2, 0.25) is 0 Å². The Balaban J connectivity index is 1.63. The van der Waals surface area contributed by atoms with E-state index in [1.165, 1.54) is 0 Å². The largest absolute Gasteiger partial charge is 0.494 e. The van der Waals surface area contributed by atoms with E-state index in [9.17, 15) is 4.79 Å². The van der Waals surface area contributed by atoms with Crippen LogP contribution in [0.15, 0.2) is 42.6 Å². The number of aromatic nitrogens is 1. The average Bonchev–Trinajstić information content (AvgIpc) is 3.11. The van der Waals surface area contributed by atoms with E-state index < -0.39 is 0 Å². The van der Waals surface area contributed by atoms with Gasteiger partial charge in [-0.25, -0.2) is 4.98 Å². The van der Waals surface area contributed by atoms with Crippen LogP contribution in [0.25, 0.3) is 0 Å². The predicted octanol–water partition coefficient (Wildman–Crippen LogP) is 3.46. The number of pyridine rings is 1. The Hall–Kier alpha value is -2.56. The number of hydrogen-bond acceptors (Lipinski definition) is 4. The maximum absolute atomic E-state index is 12.2. The highest BCUT2D eigenvalue weighted by Gasteiger charge is 2.20. The zero-order valence-corrected chi connectivity index (χ0v) is 13.3. The number of amides is 1. The van der Waals surface area contributed by atoms with Gasteiger partial charge in [-0.1, -0.05) is 0 Å². The highest BCUT2D eigenvalue weighted by molar-refractivity contribution is 5.92. The molecule has 0 saturated carbocycles. The van der Waals surface area contributed by atoms with Crippen LogP contribution in [-0.4, -0.2) is 35.5 Å². The second kappa shape index (κ2) is 7.13. The van der Waals surface area contributed by atoms with Crippen molar-refractivity contribution in [3.8, 4) is 5.75 Å². The third-order valence-corrected chi connectivity index (χ3v) is 3.83. The van der Waals surface area contributed by atoms with Crippen molar-refractivity contribution in [3.05, 3.63) is 48.3 Å². The molecule has 1 amide bonds. The number of benzene rings is 1. The molecule has 0 spiro atoms. The Morgan fingerprint density at radius 3 is 2.43 bits per heavy atom. The van der Waals surface area contributed by atoms with Crippen molar-refractivity contribution in [1.29, 1.82) is 0 Å². The van der Waals surface area contributed by atoms with Gasteiger partial charge in [0, 0.05) is 18.8 Å². The smallest absolute Gasteiger partial charge is 0.272 e. The minimum atomic E-state index is 0.0233. The van der Waals surface area contributed by atoms with E-state index in [1.54, 1.807) is 12.3 Å². The van der Waals surface area contributed by atoms with Crippen LogP contribution >= 0.6 is 0 Å². The summed E-state index contributed by atoms with van der Waals surface area (Å²) in [4.78, 5) is 18.4. The molecule has 0 radical (unpaired) electrons. The third kappa shape index (κ3) is 3.80. The number of carbonyl (C=O) groups is 1. The van der Waals surface area contributed by atoms with Crippen molar-refractivity contribution >= 4 is 17.3 Å². The molecular formula is C18H21N3O2. The summed E-state index contributed by atoms with van der Waals surface area (Å²) in [6.45, 7) is 4.30. The first-order chi connectivity index (χ1) is 11.3. The lowest BCUT2D eigenvalue weighted by molar-refractivity contribution is 0.0787. The van der Waals surface area contributed by atoms with Crippen molar-refractivity contribution in [2.75, 3.05) is 25.0 Å². The van der Waals surface area contributed by atoms with Gasteiger partial charge in [0.25, 0.3) is 5.91 Å². The fourth-order valence-electron chi connectivity index (χ4n) is 2.64. The minimum Gasteiger partial charge on any atom is -0.494 e. The Kier molecular flexibility index (Phi) is 4.76. The molecule has 1 fully saturated rings. The third-order valence-electron chi connectivity index (χ3n) is 3.83. The van der Waals surface area contributed by atoms with E-state index in [0.717, 1.165) is 43.1 Å². The number of likely N-dealkylation sites (tertiary alicyclic amines) is 1. The molecule has 5 nitrogen and oxygen atoms in total. The van der Waals surface area contributed by atoms with Crippen molar-refractivity contribution in [2.45, 2.75) is 19.8 Å². The highest BCUT2D eigenvalue weighted by Crippen LogP contribution is 2.20. The molecule has 0 bridgehead atoms. The molecule has 2 aromatic rings. The molecule has 3 rings (SSSR count). The molecule has 0 atom stereocenters. The number of nitrogens with zero attached hydrogens (tertiary/aromatic N) is 2. The molecule has 23 heavy (non-hydrogen) atoms. The standard InChI is InChI=1S/C18H21N3O2/c1-2-23-16-8-5-14(6-9-16)20-15-7-10-17(19-13-15)18(22)21-11-3-4-12-21/h5-10,13,20H,2-4,11-12H2,1H3. The van der Waals surface area contributed by atoms with Gasteiger partial charge in [-0.3, -0.25) is 4.79 Å². The lowest BCUT2D eigenvalue weighted by atomic mass is 10.2. The summed E-state index contributed by atoms with van der Waals surface area (Å²) in [5.41, 5.74) is 2.31. The van der Waals surface area contributed by atoms with Gasteiger partial charge in [0.05, 0.1) is 18.5 Å². The van der Waals surface area contributed by atoms with Crippen LogP contribution in [0.1, 0.15) is 30.3 Å². The summed E-state index contributed by atoms with van der Waals surface area (Å²) in [6, 6.07) is 11.4. The van der Waals surface area contributed by atoms with Crippen LogP contribution < -0.4 is 10.1 Å². The quantitative estimate of drug-likeness (QED) is 0.919. The lowest BCUT2D eigenvalue weighted by Gasteiger charge is -2.14. The minimum absolute atomic E-state index is 0.0233. The van der Waals surface area contributed by atoms with Crippen LogP contribution in [0.4, 0.5) is 11.4 Å². The molecule has 1 aromatic carbocycles. The van der Waals surface area contributed by atoms with Crippen molar-refractivity contribution in [3.63, 3.8) is 0 Å². The maximum Gasteiger partial charge on any atom is 0.272 e. The van der Waals surface area contributed by atoms with E-state index in [0.29, 0.717) is 12.3 Å². The first-order valence-electron chi connectivity index (χ1n) is 8.01. The second-order valence-corrected chi connectivity index (χ2v) is 5.51. The topological polar surface area (TPSA) is 54.5 Å². The van der Waals surface area contributed by atoms with Gasteiger partial charge in [0.1, 0.15) is 11.4 Å². The van der Waals surface area contributed by atoms with E-state index in [-0.39, 0.29) is 5.91 Å². The number of nitrogens with one attached hydrogen (secondary N) is 1. The first kappa shape index (κ1) is 15.3. The van der Waals surface area contributed by atoms with Crippen LogP contribution in [0, 0.1) is 0 Å². The number of hydrogen-bond donors (Lipinski definition) is 1. The van der Waals surface area contributed by atoms with Crippen LogP contribution in [0.2, 0.25) is 0 Å². The highest BCUT2D eigenvalue weighted by atomic mass is 16.5. The molecule has 2 heterocycles. The lowest BCUT2D eigenvalue weighted by Crippen LogP contribution is -2.28. The summed E-state index contributed by atoms with van der Waals surface area (Å²) < 4.78 is 5.42. The summed E-state index contributed by atoms with van der Waals surface area (Å²) in [5.74, 6) is 0.873. The Morgan fingerprint density at radius 2 is 1.83 bits per heavy atom. The van der Waals surface area contributed by atoms with Gasteiger partial charge in [0.15, 0.2) is 0 Å². The number of carbonyl (C=O) groups excluding carboxylic acids is 1. The van der Waals surface area contributed by atoms with Crippen molar-refractivity contribution < 1.29 is 9.53 Å². The Bertz CT molecular complexity index is 647. The summed E-state index contributed by atoms with van der Waals surface area (Å²) in [5, 5.41) is 3.27. The van der Waals surface area contributed by atoms with Gasteiger partial charge in [-0.05, 0) is 56.2 Å². The van der Waals surface area contributed by atoms with Crippen molar-refractivity contribution in [2.24, 2.45) is 0 Å². The normalized spacial score (nSPS) is 13.9. The fraction of sp³-hybridized carbons (Fsp3) is 0.333. The molecule has 5 heteroatoms. The maximum atomic E-state index is 12.2. The summed E-state index contributed by atoms with van der Waals surface area (Å²) in [6.07, 6.45) is 3.87. The molecule has 120 valence electrons. The number of anilines is 2.